The molecule has 1 saturated heterocycles. The van der Waals surface area contributed by atoms with Gasteiger partial charge in [0.25, 0.3) is 0 Å². The average Bonchev–Trinajstić information content (AvgIpc) is 3.33. The molecule has 1 atom stereocenters. The van der Waals surface area contributed by atoms with E-state index in [1.54, 1.807) is 33.5 Å². The van der Waals surface area contributed by atoms with Gasteiger partial charge in [-0.2, -0.15) is 0 Å². The van der Waals surface area contributed by atoms with E-state index in [9.17, 15) is 14.0 Å². The third-order valence-corrected chi connectivity index (χ3v) is 4.96. The highest BCUT2D eigenvalue weighted by atomic mass is 19.1. The maximum Gasteiger partial charge on any atom is 0.330 e. The Kier molecular flexibility index (Phi) is 5.21. The first kappa shape index (κ1) is 18.4. The summed E-state index contributed by atoms with van der Waals surface area (Å²) in [7, 11) is 0. The second-order valence-corrected chi connectivity index (χ2v) is 6.84. The van der Waals surface area contributed by atoms with E-state index in [-0.39, 0.29) is 23.3 Å². The maximum atomic E-state index is 13.2. The highest BCUT2D eigenvalue weighted by Gasteiger charge is 2.23. The molecule has 1 aliphatic rings. The molecule has 0 unspecified atom stereocenters. The minimum Gasteiger partial charge on any atom is -0.381 e. The van der Waals surface area contributed by atoms with Crippen LogP contribution in [-0.4, -0.2) is 39.8 Å². The Bertz CT molecular complexity index is 1040. The van der Waals surface area contributed by atoms with Crippen LogP contribution in [0, 0.1) is 11.7 Å². The number of carbonyl (C=O) groups excluding carboxylic acids is 1. The number of rotatable bonds is 6. The molecule has 0 radical (unpaired) electrons. The fourth-order valence-corrected chi connectivity index (χ4v) is 3.45. The molecule has 4 rings (SSSR count). The minimum absolute atomic E-state index is 0.0476. The first-order valence-corrected chi connectivity index (χ1v) is 9.27. The molecular weight excluding hydrogens is 363 g/mol. The van der Waals surface area contributed by atoms with Crippen LogP contribution in [0.15, 0.2) is 47.4 Å². The molecule has 1 aromatic carbocycles. The Morgan fingerprint density at radius 1 is 1.25 bits per heavy atom. The number of ether oxygens (including phenoxy) is 1. The van der Waals surface area contributed by atoms with E-state index in [0.717, 1.165) is 12.0 Å². The molecule has 0 bridgehead atoms. The third-order valence-electron chi connectivity index (χ3n) is 4.96. The topological polar surface area (TPSA) is 78.2 Å². The van der Waals surface area contributed by atoms with Gasteiger partial charge in [0.05, 0.1) is 24.6 Å². The largest absolute Gasteiger partial charge is 0.381 e. The lowest BCUT2D eigenvalue weighted by molar-refractivity contribution is -0.124. The molecule has 1 N–H and O–H groups in total. The van der Waals surface area contributed by atoms with Gasteiger partial charge in [-0.05, 0) is 36.2 Å². The van der Waals surface area contributed by atoms with Gasteiger partial charge in [-0.3, -0.25) is 13.9 Å². The van der Waals surface area contributed by atoms with Gasteiger partial charge in [0.1, 0.15) is 5.82 Å². The lowest BCUT2D eigenvalue weighted by atomic mass is 10.1. The first-order valence-electron chi connectivity index (χ1n) is 9.27. The Balaban J connectivity index is 1.54. The van der Waals surface area contributed by atoms with Crippen molar-refractivity contribution in [2.45, 2.75) is 19.5 Å². The van der Waals surface area contributed by atoms with Crippen molar-refractivity contribution in [3.63, 3.8) is 0 Å². The summed E-state index contributed by atoms with van der Waals surface area (Å²) in [5.74, 6) is -0.480. The summed E-state index contributed by atoms with van der Waals surface area (Å²) in [6, 6.07) is 9.67. The van der Waals surface area contributed by atoms with E-state index in [1.807, 2.05) is 6.07 Å². The minimum atomic E-state index is -0.316. The first-order chi connectivity index (χ1) is 13.6. The summed E-state index contributed by atoms with van der Waals surface area (Å²) >= 11 is 0. The van der Waals surface area contributed by atoms with Crippen molar-refractivity contribution in [1.82, 2.24) is 19.4 Å². The van der Waals surface area contributed by atoms with Gasteiger partial charge >= 0.3 is 5.69 Å². The Hall–Kier alpha value is -3.00. The summed E-state index contributed by atoms with van der Waals surface area (Å²) in [6.45, 7) is 2.03. The van der Waals surface area contributed by atoms with Crippen LogP contribution in [0.4, 0.5) is 4.39 Å². The van der Waals surface area contributed by atoms with Gasteiger partial charge in [-0.15, -0.1) is 0 Å². The van der Waals surface area contributed by atoms with Crippen LogP contribution in [0.2, 0.25) is 0 Å². The van der Waals surface area contributed by atoms with Gasteiger partial charge < -0.3 is 10.1 Å². The van der Waals surface area contributed by atoms with Crippen LogP contribution >= 0.6 is 0 Å². The van der Waals surface area contributed by atoms with E-state index in [2.05, 4.69) is 10.3 Å². The van der Waals surface area contributed by atoms with E-state index in [0.29, 0.717) is 44.0 Å². The molecule has 1 amide bonds. The number of nitrogens with zero attached hydrogens (tertiary/aromatic N) is 3. The molecule has 2 aromatic heterocycles. The van der Waals surface area contributed by atoms with Crippen molar-refractivity contribution in [3.8, 4) is 0 Å². The normalized spacial score (nSPS) is 16.5. The van der Waals surface area contributed by atoms with Gasteiger partial charge in [-0.25, -0.2) is 14.2 Å². The van der Waals surface area contributed by atoms with Gasteiger partial charge in [0.15, 0.2) is 5.65 Å². The van der Waals surface area contributed by atoms with E-state index >= 15 is 0 Å². The predicted molar refractivity (Wildman–Crippen MR) is 101 cm³/mol. The van der Waals surface area contributed by atoms with Gasteiger partial charge in [0, 0.05) is 25.9 Å². The van der Waals surface area contributed by atoms with Crippen molar-refractivity contribution in [1.29, 1.82) is 0 Å². The number of amides is 1. The molecule has 3 heterocycles. The highest BCUT2D eigenvalue weighted by Crippen LogP contribution is 2.14. The molecule has 0 aliphatic carbocycles. The molecule has 28 heavy (non-hydrogen) atoms. The predicted octanol–water partition coefficient (Wildman–Crippen LogP) is 1.54. The van der Waals surface area contributed by atoms with Crippen molar-refractivity contribution in [2.24, 2.45) is 5.92 Å². The fraction of sp³-hybridized carbons (Fsp3) is 0.350. The maximum absolute atomic E-state index is 13.2. The number of carbonyl (C=O) groups is 1. The highest BCUT2D eigenvalue weighted by molar-refractivity contribution is 5.79. The van der Waals surface area contributed by atoms with Gasteiger partial charge in [-0.1, -0.05) is 12.1 Å². The van der Waals surface area contributed by atoms with Crippen LogP contribution in [0.25, 0.3) is 11.2 Å². The lowest BCUT2D eigenvalue weighted by Crippen LogP contribution is -2.35. The summed E-state index contributed by atoms with van der Waals surface area (Å²) in [6.07, 6.45) is 2.36. The van der Waals surface area contributed by atoms with Crippen molar-refractivity contribution < 1.29 is 13.9 Å². The second-order valence-electron chi connectivity index (χ2n) is 6.84. The quantitative estimate of drug-likeness (QED) is 0.699. The third kappa shape index (κ3) is 3.68. The monoisotopic (exact) mass is 384 g/mol. The van der Waals surface area contributed by atoms with Gasteiger partial charge in [0.2, 0.25) is 5.91 Å². The second kappa shape index (κ2) is 7.93. The molecule has 1 aliphatic heterocycles. The smallest absolute Gasteiger partial charge is 0.330 e. The zero-order chi connectivity index (χ0) is 19.5. The Labute approximate surface area is 160 Å². The standard InChI is InChI=1S/C20H21FN4O3/c21-16-5-3-14(4-6-16)12-25-17-2-1-8-22-18(17)24(20(25)27)10-9-23-19(26)15-7-11-28-13-15/h1-6,8,15H,7,9-13H2,(H,23,26)/t15-/m0/s1. The summed E-state index contributed by atoms with van der Waals surface area (Å²) < 4.78 is 21.6. The number of imidazole rings is 1. The van der Waals surface area contributed by atoms with Crippen molar-refractivity contribution in [3.05, 3.63) is 64.5 Å². The van der Waals surface area contributed by atoms with Crippen LogP contribution in [0.1, 0.15) is 12.0 Å². The number of aromatic nitrogens is 3. The number of fused-ring (bicyclic) bond motifs is 1. The average molecular weight is 384 g/mol. The van der Waals surface area contributed by atoms with E-state index < -0.39 is 0 Å². The number of nitrogens with one attached hydrogen (secondary N) is 1. The van der Waals surface area contributed by atoms with Crippen LogP contribution in [0.3, 0.4) is 0 Å². The number of benzene rings is 1. The molecule has 0 spiro atoms. The van der Waals surface area contributed by atoms with Crippen molar-refractivity contribution in [2.75, 3.05) is 19.8 Å². The van der Waals surface area contributed by atoms with Crippen LogP contribution < -0.4 is 11.0 Å². The molecule has 146 valence electrons. The van der Waals surface area contributed by atoms with Crippen LogP contribution in [0.5, 0.6) is 0 Å². The summed E-state index contributed by atoms with van der Waals surface area (Å²) in [5.41, 5.74) is 1.87. The van der Waals surface area contributed by atoms with E-state index in [1.165, 1.54) is 12.1 Å². The molecule has 3 aromatic rings. The molecular formula is C20H21FN4O3. The summed E-state index contributed by atoms with van der Waals surface area (Å²) in [4.78, 5) is 29.4. The molecule has 1 fully saturated rings. The number of pyridine rings is 1. The zero-order valence-corrected chi connectivity index (χ0v) is 15.3. The SMILES string of the molecule is O=C(NCCn1c(=O)n(Cc2ccc(F)cc2)c2cccnc21)[C@H]1CCOC1. The number of hydrogen-bond donors (Lipinski definition) is 1. The number of halogens is 1. The van der Waals surface area contributed by atoms with Crippen molar-refractivity contribution >= 4 is 17.1 Å². The van der Waals surface area contributed by atoms with Crippen LogP contribution in [-0.2, 0) is 22.6 Å². The Morgan fingerprint density at radius 2 is 2.07 bits per heavy atom. The molecule has 7 nitrogen and oxygen atoms in total. The number of hydrogen-bond acceptors (Lipinski definition) is 4. The lowest BCUT2D eigenvalue weighted by Gasteiger charge is -2.09. The Morgan fingerprint density at radius 3 is 2.82 bits per heavy atom. The zero-order valence-electron chi connectivity index (χ0n) is 15.3. The summed E-state index contributed by atoms with van der Waals surface area (Å²) in [5, 5.41) is 2.87. The van der Waals surface area contributed by atoms with E-state index in [4.69, 9.17) is 4.74 Å². The molecule has 8 heteroatoms. The fourth-order valence-electron chi connectivity index (χ4n) is 3.45. The molecule has 0 saturated carbocycles.